The lowest BCUT2D eigenvalue weighted by Gasteiger charge is -2.40. The van der Waals surface area contributed by atoms with Crippen LogP contribution in [0.25, 0.3) is 11.2 Å². The number of nitrogens with one attached hydrogen (secondary N) is 1. The minimum absolute atomic E-state index is 0.0217. The maximum atomic E-state index is 11.8. The van der Waals surface area contributed by atoms with E-state index in [1.165, 1.54) is 6.20 Å². The first-order valence-electron chi connectivity index (χ1n) is 7.44. The molecule has 1 aliphatic rings. The predicted molar refractivity (Wildman–Crippen MR) is 92.7 cm³/mol. The third-order valence-electron chi connectivity index (χ3n) is 3.33. The van der Waals surface area contributed by atoms with Crippen molar-refractivity contribution in [2.24, 2.45) is 0 Å². The topological polar surface area (TPSA) is 80.2 Å². The number of rotatable bonds is 2. The number of carbonyl (C=O) groups excluding carboxylic acids is 1. The average Bonchev–Trinajstić information content (AvgIpc) is 2.40. The average molecular weight is 370 g/mol. The van der Waals surface area contributed by atoms with Crippen LogP contribution in [-0.4, -0.2) is 45.8 Å². The summed E-state index contributed by atoms with van der Waals surface area (Å²) in [5.74, 6) is 0.543. The molecular weight excluding hydrogens is 353 g/mol. The maximum Gasteiger partial charge on any atom is 0.407 e. The lowest BCUT2D eigenvalue weighted by Crippen LogP contribution is -2.60. The van der Waals surface area contributed by atoms with E-state index in [4.69, 9.17) is 27.9 Å². The molecule has 2 aromatic rings. The summed E-state index contributed by atoms with van der Waals surface area (Å²) < 4.78 is 5.23. The SMILES string of the molecule is CC(C)(C)OC(=O)NC1CN(c2nc3ncc(Cl)cc3nc2Cl)C1. The lowest BCUT2D eigenvalue weighted by molar-refractivity contribution is 0.0496. The van der Waals surface area contributed by atoms with Gasteiger partial charge in [0, 0.05) is 19.3 Å². The molecule has 2 aromatic heterocycles. The van der Waals surface area contributed by atoms with Gasteiger partial charge in [0.25, 0.3) is 0 Å². The van der Waals surface area contributed by atoms with Crippen molar-refractivity contribution in [1.82, 2.24) is 20.3 Å². The Balaban J connectivity index is 1.65. The van der Waals surface area contributed by atoms with Gasteiger partial charge < -0.3 is 15.0 Å². The van der Waals surface area contributed by atoms with E-state index in [0.29, 0.717) is 35.1 Å². The first-order valence-corrected chi connectivity index (χ1v) is 8.20. The fraction of sp³-hybridized carbons (Fsp3) is 0.467. The Bertz CT molecular complexity index is 787. The van der Waals surface area contributed by atoms with Crippen molar-refractivity contribution in [3.8, 4) is 0 Å². The van der Waals surface area contributed by atoms with Crippen LogP contribution in [0.5, 0.6) is 0 Å². The highest BCUT2D eigenvalue weighted by atomic mass is 35.5. The molecule has 1 N–H and O–H groups in total. The molecule has 0 atom stereocenters. The molecule has 24 heavy (non-hydrogen) atoms. The molecule has 3 rings (SSSR count). The Kier molecular flexibility index (Phi) is 4.40. The minimum atomic E-state index is -0.520. The molecular formula is C15H17Cl2N5O2. The van der Waals surface area contributed by atoms with Crippen molar-refractivity contribution >= 4 is 46.3 Å². The molecule has 9 heteroatoms. The van der Waals surface area contributed by atoms with Crippen molar-refractivity contribution in [2.45, 2.75) is 32.4 Å². The number of hydrogen-bond donors (Lipinski definition) is 1. The molecule has 1 amide bonds. The molecule has 1 fully saturated rings. The van der Waals surface area contributed by atoms with Gasteiger partial charge in [-0.1, -0.05) is 23.2 Å². The number of amides is 1. The summed E-state index contributed by atoms with van der Waals surface area (Å²) in [5.41, 5.74) is 0.496. The number of ether oxygens (including phenoxy) is 1. The van der Waals surface area contributed by atoms with Crippen molar-refractivity contribution < 1.29 is 9.53 Å². The third kappa shape index (κ3) is 3.79. The number of alkyl carbamates (subject to hydrolysis) is 1. The summed E-state index contributed by atoms with van der Waals surface area (Å²) >= 11 is 12.1. The minimum Gasteiger partial charge on any atom is -0.444 e. The fourth-order valence-electron chi connectivity index (χ4n) is 2.31. The molecule has 1 saturated heterocycles. The summed E-state index contributed by atoms with van der Waals surface area (Å²) in [5, 5.41) is 3.57. The van der Waals surface area contributed by atoms with Gasteiger partial charge in [-0.25, -0.2) is 19.7 Å². The Morgan fingerprint density at radius 3 is 2.71 bits per heavy atom. The third-order valence-corrected chi connectivity index (χ3v) is 3.79. The fourth-order valence-corrected chi connectivity index (χ4v) is 2.72. The number of halogens is 2. The van der Waals surface area contributed by atoms with E-state index < -0.39 is 11.7 Å². The Hall–Kier alpha value is -1.86. The van der Waals surface area contributed by atoms with Crippen LogP contribution < -0.4 is 10.2 Å². The molecule has 7 nitrogen and oxygen atoms in total. The van der Waals surface area contributed by atoms with Gasteiger partial charge in [0.05, 0.1) is 11.1 Å². The van der Waals surface area contributed by atoms with E-state index >= 15 is 0 Å². The van der Waals surface area contributed by atoms with Gasteiger partial charge in [0.2, 0.25) is 0 Å². The number of carbonyl (C=O) groups is 1. The molecule has 0 unspecified atom stereocenters. The molecule has 0 radical (unpaired) electrons. The standard InChI is InChI=1S/C15H17Cl2N5O2/c1-15(2,3)24-14(23)19-9-6-22(7-9)13-11(17)20-10-4-8(16)5-18-12(10)21-13/h4-5,9H,6-7H2,1-3H3,(H,19,23). The number of nitrogens with zero attached hydrogens (tertiary/aromatic N) is 4. The summed E-state index contributed by atoms with van der Waals surface area (Å²) in [4.78, 5) is 26.5. The largest absolute Gasteiger partial charge is 0.444 e. The second-order valence-electron chi connectivity index (χ2n) is 6.58. The number of aromatic nitrogens is 3. The van der Waals surface area contributed by atoms with Crippen LogP contribution in [0.2, 0.25) is 10.2 Å². The van der Waals surface area contributed by atoms with Crippen LogP contribution >= 0.6 is 23.2 Å². The highest BCUT2D eigenvalue weighted by molar-refractivity contribution is 6.32. The Morgan fingerprint density at radius 2 is 2.04 bits per heavy atom. The number of pyridine rings is 1. The molecule has 3 heterocycles. The summed E-state index contributed by atoms with van der Waals surface area (Å²) in [6.45, 7) is 6.62. The number of fused-ring (bicyclic) bond motifs is 1. The zero-order chi connectivity index (χ0) is 17.5. The van der Waals surface area contributed by atoms with Crippen LogP contribution in [0.3, 0.4) is 0 Å². The Morgan fingerprint density at radius 1 is 1.33 bits per heavy atom. The second kappa shape index (κ2) is 6.22. The van der Waals surface area contributed by atoms with Crippen LogP contribution in [0.15, 0.2) is 12.3 Å². The van der Waals surface area contributed by atoms with Crippen molar-refractivity contribution in [1.29, 1.82) is 0 Å². The molecule has 0 bridgehead atoms. The monoisotopic (exact) mass is 369 g/mol. The molecule has 0 aliphatic carbocycles. The molecule has 1 aliphatic heterocycles. The van der Waals surface area contributed by atoms with Gasteiger partial charge in [-0.2, -0.15) is 0 Å². The second-order valence-corrected chi connectivity index (χ2v) is 7.38. The van der Waals surface area contributed by atoms with Gasteiger partial charge in [-0.05, 0) is 26.8 Å². The van der Waals surface area contributed by atoms with Gasteiger partial charge >= 0.3 is 6.09 Å². The summed E-state index contributed by atoms with van der Waals surface area (Å²) in [7, 11) is 0. The molecule has 0 aromatic carbocycles. The van der Waals surface area contributed by atoms with Crippen molar-refractivity contribution in [2.75, 3.05) is 18.0 Å². The van der Waals surface area contributed by atoms with E-state index in [1.54, 1.807) is 6.07 Å². The first kappa shape index (κ1) is 17.0. The van der Waals surface area contributed by atoms with Crippen LogP contribution in [0.1, 0.15) is 20.8 Å². The maximum absolute atomic E-state index is 11.8. The quantitative estimate of drug-likeness (QED) is 0.875. The number of hydrogen-bond acceptors (Lipinski definition) is 6. The molecule has 128 valence electrons. The van der Waals surface area contributed by atoms with Gasteiger partial charge in [0.1, 0.15) is 11.1 Å². The predicted octanol–water partition coefficient (Wildman–Crippen LogP) is 3.04. The van der Waals surface area contributed by atoms with Crippen LogP contribution in [-0.2, 0) is 4.74 Å². The van der Waals surface area contributed by atoms with Crippen molar-refractivity contribution in [3.63, 3.8) is 0 Å². The zero-order valence-corrected chi connectivity index (χ0v) is 15.0. The number of anilines is 1. The Labute approximate surface area is 149 Å². The lowest BCUT2D eigenvalue weighted by atomic mass is 10.1. The van der Waals surface area contributed by atoms with Gasteiger partial charge in [-0.3, -0.25) is 0 Å². The van der Waals surface area contributed by atoms with Gasteiger partial charge in [0.15, 0.2) is 16.6 Å². The van der Waals surface area contributed by atoms with Gasteiger partial charge in [-0.15, -0.1) is 0 Å². The van der Waals surface area contributed by atoms with E-state index in [9.17, 15) is 4.79 Å². The van der Waals surface area contributed by atoms with Crippen LogP contribution in [0.4, 0.5) is 10.6 Å². The van der Waals surface area contributed by atoms with Crippen LogP contribution in [0, 0.1) is 0 Å². The van der Waals surface area contributed by atoms with Crippen molar-refractivity contribution in [3.05, 3.63) is 22.4 Å². The van der Waals surface area contributed by atoms with E-state index in [2.05, 4.69) is 20.3 Å². The molecule has 0 spiro atoms. The molecule has 0 saturated carbocycles. The zero-order valence-electron chi connectivity index (χ0n) is 13.5. The smallest absolute Gasteiger partial charge is 0.407 e. The summed E-state index contributed by atoms with van der Waals surface area (Å²) in [6, 6.07) is 1.64. The van der Waals surface area contributed by atoms with E-state index in [1.807, 2.05) is 25.7 Å². The highest BCUT2D eigenvalue weighted by Crippen LogP contribution is 2.28. The highest BCUT2D eigenvalue weighted by Gasteiger charge is 2.32. The summed E-state index contributed by atoms with van der Waals surface area (Å²) in [6.07, 6.45) is 1.08. The van der Waals surface area contributed by atoms with E-state index in [0.717, 1.165) is 0 Å². The normalized spacial score (nSPS) is 15.3. The van der Waals surface area contributed by atoms with E-state index in [-0.39, 0.29) is 11.2 Å². The first-order chi connectivity index (χ1) is 11.2.